The summed E-state index contributed by atoms with van der Waals surface area (Å²) in [5.41, 5.74) is 0.539. The monoisotopic (exact) mass is 397 g/mol. The van der Waals surface area contributed by atoms with Gasteiger partial charge in [-0.2, -0.15) is 0 Å². The van der Waals surface area contributed by atoms with Crippen molar-refractivity contribution in [3.05, 3.63) is 53.1 Å². The number of halogens is 1. The van der Waals surface area contributed by atoms with Gasteiger partial charge >= 0.3 is 14.8 Å². The molecule has 8 heteroatoms. The number of nitrogens with one attached hydrogen (secondary N) is 1. The highest BCUT2D eigenvalue weighted by Crippen LogP contribution is 2.39. The molecule has 0 amide bonds. The molecule has 1 atom stereocenters. The van der Waals surface area contributed by atoms with Crippen LogP contribution in [0.15, 0.2) is 36.4 Å². The first-order valence-electron chi connectivity index (χ1n) is 7.23. The van der Waals surface area contributed by atoms with E-state index in [1.807, 2.05) is 0 Å². The van der Waals surface area contributed by atoms with Gasteiger partial charge in [0.1, 0.15) is 5.75 Å². The van der Waals surface area contributed by atoms with Gasteiger partial charge in [0, 0.05) is 22.4 Å². The summed E-state index contributed by atoms with van der Waals surface area (Å²) < 4.78 is 27.9. The number of hydrogen-bond acceptors (Lipinski definition) is 7. The molecule has 0 aliphatic carbocycles. The largest absolute Gasteiger partial charge is 0.508 e. The van der Waals surface area contributed by atoms with E-state index in [1.165, 1.54) is 24.3 Å². The van der Waals surface area contributed by atoms with Crippen molar-refractivity contribution in [2.45, 2.75) is 18.6 Å². The molecule has 128 valence electrons. The van der Waals surface area contributed by atoms with Crippen LogP contribution >= 0.6 is 0 Å². The predicted molar refractivity (Wildman–Crippen MR) is 76.1 cm³/mol. The number of phenols is 3. The summed E-state index contributed by atoms with van der Waals surface area (Å²) in [6, 6.07) is 9.08. The minimum atomic E-state index is -3.56. The molecular weight excluding hydrogens is 382 g/mol. The molecule has 0 saturated heterocycles. The number of aromatic hydroxyl groups is 3. The van der Waals surface area contributed by atoms with E-state index < -0.39 is 20.5 Å². The van der Waals surface area contributed by atoms with Crippen molar-refractivity contribution < 1.29 is 42.4 Å². The van der Waals surface area contributed by atoms with E-state index in [-0.39, 0.29) is 23.7 Å². The zero-order valence-corrected chi connectivity index (χ0v) is 14.1. The zero-order chi connectivity index (χ0) is 17.3. The molecule has 7 nitrogen and oxygen atoms in total. The van der Waals surface area contributed by atoms with E-state index in [0.29, 0.717) is 24.1 Å². The first-order chi connectivity index (χ1) is 11.4. The van der Waals surface area contributed by atoms with Crippen LogP contribution in [0.1, 0.15) is 16.7 Å². The van der Waals surface area contributed by atoms with Gasteiger partial charge in [0.05, 0.1) is 0 Å². The molecule has 1 aliphatic rings. The minimum Gasteiger partial charge on any atom is -0.508 e. The number of hydrogen-bond donors (Lipinski definition) is 4. The molecule has 24 heavy (non-hydrogen) atoms. The Morgan fingerprint density at radius 1 is 1.08 bits per heavy atom. The summed E-state index contributed by atoms with van der Waals surface area (Å²) in [6.07, 6.45) is 0.730. The van der Waals surface area contributed by atoms with Gasteiger partial charge < -0.3 is 23.7 Å². The fourth-order valence-electron chi connectivity index (χ4n) is 2.96. The standard InChI is InChI=1S/C16H16BrNO6/c19-12-3-1-10(2-4-12)9-16(24-17(22)23)13-8-15(21)14(20)7-11(13)5-6-18-16/h1-4,7-8,18-21H,5-6,9H2/t16-/m1/s1. The van der Waals surface area contributed by atoms with Crippen molar-refractivity contribution in [1.29, 1.82) is 0 Å². The second kappa shape index (κ2) is 6.58. The number of rotatable bonds is 4. The van der Waals surface area contributed by atoms with Crippen LogP contribution < -0.4 is 13.7 Å². The van der Waals surface area contributed by atoms with Crippen LogP contribution in [0.2, 0.25) is 0 Å². The third-order valence-electron chi connectivity index (χ3n) is 4.02. The van der Waals surface area contributed by atoms with Gasteiger partial charge in [-0.15, -0.1) is 0 Å². The second-order valence-corrected chi connectivity index (χ2v) is 6.73. The second-order valence-electron chi connectivity index (χ2n) is 5.61. The van der Waals surface area contributed by atoms with E-state index in [2.05, 4.69) is 5.32 Å². The molecule has 3 rings (SSSR count). The van der Waals surface area contributed by atoms with Crippen molar-refractivity contribution in [3.63, 3.8) is 0 Å². The van der Waals surface area contributed by atoms with E-state index in [4.69, 9.17) is 3.83 Å². The molecule has 1 aliphatic heterocycles. The smallest absolute Gasteiger partial charge is 0.439 e. The van der Waals surface area contributed by atoms with Crippen LogP contribution in [-0.2, 0) is 22.4 Å². The number of benzene rings is 2. The molecule has 0 bridgehead atoms. The van der Waals surface area contributed by atoms with Crippen molar-refractivity contribution in [2.24, 2.45) is 0 Å². The Hall–Kier alpha value is -1.84. The Kier molecular flexibility index (Phi) is 4.66. The highest BCUT2D eigenvalue weighted by molar-refractivity contribution is 5.49. The van der Waals surface area contributed by atoms with Crippen molar-refractivity contribution >= 4 is 0 Å². The summed E-state index contributed by atoms with van der Waals surface area (Å²) in [7, 11) is 0. The van der Waals surface area contributed by atoms with Crippen LogP contribution in [0, 0.1) is 14.8 Å². The molecule has 4 N–H and O–H groups in total. The van der Waals surface area contributed by atoms with E-state index >= 15 is 0 Å². The summed E-state index contributed by atoms with van der Waals surface area (Å²) in [6.45, 7) is 0.449. The molecule has 0 fully saturated rings. The Labute approximate surface area is 143 Å². The molecule has 0 aromatic heterocycles. The average Bonchev–Trinajstić information content (AvgIpc) is 2.51. The Morgan fingerprint density at radius 2 is 1.75 bits per heavy atom. The third kappa shape index (κ3) is 3.33. The van der Waals surface area contributed by atoms with Crippen molar-refractivity contribution in [2.75, 3.05) is 6.54 Å². The predicted octanol–water partition coefficient (Wildman–Crippen LogP) is -0.553. The summed E-state index contributed by atoms with van der Waals surface area (Å²) >= 11 is -3.56. The highest BCUT2D eigenvalue weighted by atomic mass is 80.0. The lowest BCUT2D eigenvalue weighted by Gasteiger charge is -2.34. The molecule has 2 aromatic carbocycles. The van der Waals surface area contributed by atoms with Crippen LogP contribution in [0.5, 0.6) is 17.2 Å². The lowest BCUT2D eigenvalue weighted by atomic mass is 9.86. The molecule has 0 saturated carbocycles. The molecule has 1 heterocycles. The van der Waals surface area contributed by atoms with Gasteiger partial charge in [-0.3, -0.25) is 5.32 Å². The quantitative estimate of drug-likeness (QED) is 0.509. The molecule has 0 unspecified atom stereocenters. The van der Waals surface area contributed by atoms with Crippen LogP contribution in [0.4, 0.5) is 0 Å². The Bertz CT molecular complexity index is 736. The first kappa shape index (κ1) is 17.0. The van der Waals surface area contributed by atoms with Crippen molar-refractivity contribution in [3.8, 4) is 17.2 Å². The van der Waals surface area contributed by atoms with Crippen LogP contribution in [-0.4, -0.2) is 21.9 Å². The first-order valence-corrected chi connectivity index (χ1v) is 9.17. The van der Waals surface area contributed by atoms with Gasteiger partial charge in [0.25, 0.3) is 0 Å². The Balaban J connectivity index is 2.07. The van der Waals surface area contributed by atoms with E-state index in [1.54, 1.807) is 12.1 Å². The van der Waals surface area contributed by atoms with Gasteiger partial charge in [-0.1, -0.05) is 12.1 Å². The lowest BCUT2D eigenvalue weighted by Crippen LogP contribution is -2.55. The van der Waals surface area contributed by atoms with Gasteiger partial charge in [0.2, 0.25) is 5.72 Å². The number of phenolic OH excluding ortho intramolecular Hbond substituents is 3. The average molecular weight is 398 g/mol. The van der Waals surface area contributed by atoms with Crippen LogP contribution in [0.25, 0.3) is 0 Å². The SMILES string of the molecule is [O-][Br+2]([O-])O[C@@]1(Cc2ccc(O)cc2)NCCc2cc(O)c(O)cc21. The summed E-state index contributed by atoms with van der Waals surface area (Å²) in [5.74, 6) is -0.503. The summed E-state index contributed by atoms with van der Waals surface area (Å²) in [4.78, 5) is 0. The van der Waals surface area contributed by atoms with Crippen LogP contribution in [0.3, 0.4) is 0 Å². The Morgan fingerprint density at radius 3 is 2.42 bits per heavy atom. The van der Waals surface area contributed by atoms with Crippen molar-refractivity contribution in [1.82, 2.24) is 5.32 Å². The third-order valence-corrected chi connectivity index (χ3v) is 4.84. The number of fused-ring (bicyclic) bond motifs is 1. The lowest BCUT2D eigenvalue weighted by molar-refractivity contribution is -1.63. The molecule has 2 aromatic rings. The maximum absolute atomic E-state index is 11.3. The maximum Gasteiger partial charge on any atom is 0.439 e. The highest BCUT2D eigenvalue weighted by Gasteiger charge is 2.47. The minimum absolute atomic E-state index is 0.103. The fourth-order valence-corrected chi connectivity index (χ4v) is 3.81. The normalized spacial score (nSPS) is 20.1. The summed E-state index contributed by atoms with van der Waals surface area (Å²) in [5, 5.41) is 32.0. The van der Waals surface area contributed by atoms with Gasteiger partial charge in [-0.05, 0) is 41.8 Å². The van der Waals surface area contributed by atoms with E-state index in [0.717, 1.165) is 5.56 Å². The molecule has 0 radical (unpaired) electrons. The maximum atomic E-state index is 11.3. The molecular formula is C16H16BrNO6. The zero-order valence-electron chi connectivity index (χ0n) is 12.5. The van der Waals surface area contributed by atoms with Gasteiger partial charge in [-0.25, -0.2) is 0 Å². The fraction of sp³-hybridized carbons (Fsp3) is 0.250. The topological polar surface area (TPSA) is 128 Å². The van der Waals surface area contributed by atoms with E-state index in [9.17, 15) is 23.7 Å². The molecule has 0 spiro atoms. The van der Waals surface area contributed by atoms with Gasteiger partial charge in [0.15, 0.2) is 11.5 Å².